The maximum Gasteiger partial charge on any atom is 0.148 e. The number of halogens is 1. The Balaban J connectivity index is 2.24. The average molecular weight is 237 g/mol. The van der Waals surface area contributed by atoms with Crippen LogP contribution in [0, 0.1) is 5.82 Å². The lowest BCUT2D eigenvalue weighted by Crippen LogP contribution is -2.29. The highest BCUT2D eigenvalue weighted by molar-refractivity contribution is 5.72. The van der Waals surface area contributed by atoms with Crippen molar-refractivity contribution in [2.45, 2.75) is 6.42 Å². The first kappa shape index (κ1) is 12.0. The van der Waals surface area contributed by atoms with Crippen LogP contribution in [0.5, 0.6) is 0 Å². The summed E-state index contributed by atoms with van der Waals surface area (Å²) in [6.07, 6.45) is 1.01. The Kier molecular flexibility index (Phi) is 3.38. The Morgan fingerprint density at radius 1 is 1.24 bits per heavy atom. The number of benzene rings is 1. The van der Waals surface area contributed by atoms with Gasteiger partial charge in [-0.1, -0.05) is 0 Å². The molecule has 0 unspecified atom stereocenters. The molecule has 0 spiro atoms. The van der Waals surface area contributed by atoms with E-state index in [-0.39, 0.29) is 17.2 Å². The Hall–Kier alpha value is -1.49. The molecule has 1 aromatic rings. The largest absolute Gasteiger partial charge is 0.697 e. The fourth-order valence-electron chi connectivity index (χ4n) is 2.11. The number of hydrogen-bond donors (Lipinski definition) is 1. The maximum atomic E-state index is 13.8. The molecule has 0 atom stereocenters. The van der Waals surface area contributed by atoms with Crippen LogP contribution in [0.4, 0.5) is 21.5 Å². The monoisotopic (exact) mass is 237 g/mol. The molecule has 3 N–H and O–H groups in total. The van der Waals surface area contributed by atoms with E-state index in [2.05, 4.69) is 11.9 Å². The molecular formula is C12H18FN4-. The highest BCUT2D eigenvalue weighted by Crippen LogP contribution is 2.30. The van der Waals surface area contributed by atoms with E-state index in [1.54, 1.807) is 0 Å². The van der Waals surface area contributed by atoms with Crippen molar-refractivity contribution in [1.82, 2.24) is 4.90 Å². The smallest absolute Gasteiger partial charge is 0.148 e. The second-order valence-electron chi connectivity index (χ2n) is 4.53. The number of nitrogen functional groups attached to an aromatic ring is 1. The molecule has 1 heterocycles. The van der Waals surface area contributed by atoms with E-state index >= 15 is 0 Å². The van der Waals surface area contributed by atoms with Gasteiger partial charge in [-0.05, 0) is 32.1 Å². The predicted molar refractivity (Wildman–Crippen MR) is 69.1 cm³/mol. The number of nitrogens with one attached hydrogen (secondary N) is 1. The zero-order valence-corrected chi connectivity index (χ0v) is 10.0. The molecule has 1 saturated heterocycles. The molecule has 0 aromatic heterocycles. The van der Waals surface area contributed by atoms with Gasteiger partial charge in [0, 0.05) is 25.3 Å². The van der Waals surface area contributed by atoms with Gasteiger partial charge in [-0.25, -0.2) is 4.39 Å². The molecule has 5 heteroatoms. The van der Waals surface area contributed by atoms with Crippen molar-refractivity contribution in [3.8, 4) is 0 Å². The van der Waals surface area contributed by atoms with Gasteiger partial charge >= 0.3 is 0 Å². The number of hydrogen-bond acceptors (Lipinski definition) is 3. The third-order valence-corrected chi connectivity index (χ3v) is 3.18. The Morgan fingerprint density at radius 2 is 2.00 bits per heavy atom. The van der Waals surface area contributed by atoms with Gasteiger partial charge in [0.25, 0.3) is 0 Å². The molecule has 1 fully saturated rings. The van der Waals surface area contributed by atoms with Gasteiger partial charge in [0.05, 0.1) is 5.69 Å². The fraction of sp³-hybridized carbons (Fsp3) is 0.500. The van der Waals surface area contributed by atoms with E-state index < -0.39 is 0 Å². The average Bonchev–Trinajstić information content (AvgIpc) is 2.49. The van der Waals surface area contributed by atoms with Crippen molar-refractivity contribution in [3.63, 3.8) is 0 Å². The van der Waals surface area contributed by atoms with Crippen LogP contribution in [0.15, 0.2) is 12.1 Å². The predicted octanol–water partition coefficient (Wildman–Crippen LogP) is 2.23. The topological polar surface area (TPSA) is 56.3 Å². The van der Waals surface area contributed by atoms with Gasteiger partial charge in [0.1, 0.15) is 5.82 Å². The summed E-state index contributed by atoms with van der Waals surface area (Å²) in [7, 11) is 2.07. The molecule has 17 heavy (non-hydrogen) atoms. The number of likely N-dealkylation sites (N-methyl/N-ethyl adjacent to an activating group) is 1. The first-order chi connectivity index (χ1) is 8.08. The molecule has 0 saturated carbocycles. The number of anilines is 2. The lowest BCUT2D eigenvalue weighted by molar-refractivity contribution is 0.360. The Labute approximate surface area is 101 Å². The first-order valence-electron chi connectivity index (χ1n) is 5.82. The molecule has 1 aliphatic rings. The van der Waals surface area contributed by atoms with E-state index in [1.807, 2.05) is 4.90 Å². The van der Waals surface area contributed by atoms with Crippen LogP contribution in [0.2, 0.25) is 0 Å². The van der Waals surface area contributed by atoms with Crippen LogP contribution >= 0.6 is 0 Å². The van der Waals surface area contributed by atoms with E-state index in [4.69, 9.17) is 11.5 Å². The molecule has 94 valence electrons. The molecule has 4 nitrogen and oxygen atoms in total. The van der Waals surface area contributed by atoms with Gasteiger partial charge in [-0.2, -0.15) is 0 Å². The molecule has 2 rings (SSSR count). The minimum absolute atomic E-state index is 0.193. The quantitative estimate of drug-likeness (QED) is 0.762. The number of nitrogens with zero attached hydrogens (tertiary/aromatic N) is 2. The highest BCUT2D eigenvalue weighted by atomic mass is 19.1. The molecule has 0 bridgehead atoms. The van der Waals surface area contributed by atoms with Gasteiger partial charge in [0.2, 0.25) is 0 Å². The maximum absolute atomic E-state index is 13.8. The van der Waals surface area contributed by atoms with Crippen molar-refractivity contribution >= 4 is 17.1 Å². The minimum atomic E-state index is -0.331. The summed E-state index contributed by atoms with van der Waals surface area (Å²) >= 11 is 0. The highest BCUT2D eigenvalue weighted by Gasteiger charge is 2.15. The van der Waals surface area contributed by atoms with Crippen molar-refractivity contribution in [2.24, 2.45) is 0 Å². The lowest BCUT2D eigenvalue weighted by atomic mass is 10.2. The lowest BCUT2D eigenvalue weighted by Gasteiger charge is -2.25. The summed E-state index contributed by atoms with van der Waals surface area (Å²) < 4.78 is 13.8. The van der Waals surface area contributed by atoms with E-state index in [0.29, 0.717) is 5.69 Å². The molecule has 0 aliphatic carbocycles. The summed E-state index contributed by atoms with van der Waals surface area (Å²) in [5.41, 5.74) is 14.0. The normalized spacial score (nSPS) is 18.1. The Bertz CT molecular complexity index is 408. The molecular weight excluding hydrogens is 219 g/mol. The second kappa shape index (κ2) is 4.79. The van der Waals surface area contributed by atoms with Gasteiger partial charge in [0.15, 0.2) is 0 Å². The summed E-state index contributed by atoms with van der Waals surface area (Å²) in [4.78, 5) is 4.23. The van der Waals surface area contributed by atoms with Crippen LogP contribution in [0.25, 0.3) is 5.73 Å². The molecule has 0 radical (unpaired) electrons. The van der Waals surface area contributed by atoms with Crippen molar-refractivity contribution < 1.29 is 4.39 Å². The Morgan fingerprint density at radius 3 is 2.76 bits per heavy atom. The van der Waals surface area contributed by atoms with E-state index in [9.17, 15) is 4.39 Å². The molecule has 1 aliphatic heterocycles. The third kappa shape index (κ3) is 2.61. The summed E-state index contributed by atoms with van der Waals surface area (Å²) in [6.45, 7) is 3.55. The van der Waals surface area contributed by atoms with Crippen LogP contribution < -0.4 is 10.6 Å². The minimum Gasteiger partial charge on any atom is -0.697 e. The van der Waals surface area contributed by atoms with Crippen LogP contribution in [-0.2, 0) is 0 Å². The number of rotatable bonds is 1. The third-order valence-electron chi connectivity index (χ3n) is 3.18. The SMILES string of the molecule is CN1CCCN(c2cc([NH-])c(N)cc2F)CC1. The molecule has 1 aromatic carbocycles. The van der Waals surface area contributed by atoms with E-state index in [1.165, 1.54) is 12.1 Å². The van der Waals surface area contributed by atoms with Crippen LogP contribution in [0.3, 0.4) is 0 Å². The fourth-order valence-corrected chi connectivity index (χ4v) is 2.11. The standard InChI is InChI=1S/C12H18FN4/c1-16-3-2-4-17(6-5-16)12-8-11(15)10(14)7-9(12)13/h7-8,15H,2-6,14H2,1H3/q-1. The summed E-state index contributed by atoms with van der Waals surface area (Å²) in [5.74, 6) is -0.331. The van der Waals surface area contributed by atoms with Crippen molar-refractivity contribution in [3.05, 3.63) is 23.7 Å². The molecule has 0 amide bonds. The van der Waals surface area contributed by atoms with Gasteiger partial charge in [-0.15, -0.1) is 5.69 Å². The summed E-state index contributed by atoms with van der Waals surface area (Å²) in [6, 6.07) is 2.77. The van der Waals surface area contributed by atoms with Crippen molar-refractivity contribution in [2.75, 3.05) is 43.9 Å². The number of nitrogens with two attached hydrogens (primary N) is 1. The van der Waals surface area contributed by atoms with Gasteiger partial charge < -0.3 is 21.3 Å². The van der Waals surface area contributed by atoms with Gasteiger partial charge in [-0.3, -0.25) is 0 Å². The van der Waals surface area contributed by atoms with E-state index in [0.717, 1.165) is 32.6 Å². The first-order valence-corrected chi connectivity index (χ1v) is 5.82. The van der Waals surface area contributed by atoms with Crippen LogP contribution in [-0.4, -0.2) is 38.1 Å². The second-order valence-corrected chi connectivity index (χ2v) is 4.53. The summed E-state index contributed by atoms with van der Waals surface area (Å²) in [5, 5.41) is 0. The zero-order chi connectivity index (χ0) is 12.4. The van der Waals surface area contributed by atoms with Crippen molar-refractivity contribution in [1.29, 1.82) is 0 Å². The zero-order valence-electron chi connectivity index (χ0n) is 10.0. The van der Waals surface area contributed by atoms with Crippen LogP contribution in [0.1, 0.15) is 6.42 Å².